The van der Waals surface area contributed by atoms with Crippen LogP contribution in [0.4, 0.5) is 0 Å². The van der Waals surface area contributed by atoms with E-state index in [0.717, 1.165) is 6.42 Å². The number of pyridine rings is 1. The Labute approximate surface area is 104 Å². The van der Waals surface area contributed by atoms with E-state index in [4.69, 9.17) is 23.2 Å². The first-order chi connectivity index (χ1) is 7.65. The molecule has 0 atom stereocenters. The lowest BCUT2D eigenvalue weighted by atomic mass is 10.2. The van der Waals surface area contributed by atoms with Crippen LogP contribution < -0.4 is 5.32 Å². The zero-order valence-corrected chi connectivity index (χ0v) is 10.3. The molecule has 0 bridgehead atoms. The predicted molar refractivity (Wildman–Crippen MR) is 66.0 cm³/mol. The Bertz CT molecular complexity index is 405. The number of carbonyl (C=O) groups is 1. The molecule has 1 heterocycles. The zero-order valence-electron chi connectivity index (χ0n) is 8.84. The lowest BCUT2D eigenvalue weighted by Crippen LogP contribution is -2.24. The lowest BCUT2D eigenvalue weighted by Gasteiger charge is -2.05. The highest BCUT2D eigenvalue weighted by Crippen LogP contribution is 2.17. The molecule has 0 radical (unpaired) electrons. The summed E-state index contributed by atoms with van der Waals surface area (Å²) in [5, 5.41) is 3.29. The normalized spacial score (nSPS) is 10.7. The van der Waals surface area contributed by atoms with Crippen molar-refractivity contribution in [3.05, 3.63) is 40.2 Å². The number of aromatic nitrogens is 1. The van der Waals surface area contributed by atoms with Crippen LogP contribution in [0.25, 0.3) is 0 Å². The van der Waals surface area contributed by atoms with Crippen LogP contribution in [0.1, 0.15) is 23.7 Å². The Hall–Kier alpha value is -1.06. The highest BCUT2D eigenvalue weighted by molar-refractivity contribution is 6.35. The molecule has 0 aliphatic heterocycles. The standard InChI is InChI=1S/C11H12Cl2N2O/c1-2-3-4-5-14-11(16)8-6-10(13)15-7-9(8)12/h2-3,6-7H,4-5H2,1H3,(H,14,16)/b3-2+. The van der Waals surface area contributed by atoms with Gasteiger partial charge in [-0.2, -0.15) is 0 Å². The van der Waals surface area contributed by atoms with Gasteiger partial charge in [-0.25, -0.2) is 4.98 Å². The number of nitrogens with one attached hydrogen (secondary N) is 1. The van der Waals surface area contributed by atoms with E-state index >= 15 is 0 Å². The molecule has 0 saturated heterocycles. The number of rotatable bonds is 4. The summed E-state index contributed by atoms with van der Waals surface area (Å²) in [6.07, 6.45) is 6.06. The van der Waals surface area contributed by atoms with Crippen LogP contribution in [0.15, 0.2) is 24.4 Å². The van der Waals surface area contributed by atoms with Crippen LogP contribution in [0.5, 0.6) is 0 Å². The highest BCUT2D eigenvalue weighted by atomic mass is 35.5. The molecule has 3 nitrogen and oxygen atoms in total. The summed E-state index contributed by atoms with van der Waals surface area (Å²) in [5.74, 6) is -0.237. The molecule has 1 aromatic heterocycles. The van der Waals surface area contributed by atoms with Crippen molar-refractivity contribution in [2.75, 3.05) is 6.54 Å². The molecule has 1 rings (SSSR count). The number of nitrogens with zero attached hydrogens (tertiary/aromatic N) is 1. The third kappa shape index (κ3) is 3.83. The molecule has 0 aliphatic carbocycles. The van der Waals surface area contributed by atoms with E-state index in [1.165, 1.54) is 12.3 Å². The minimum atomic E-state index is -0.237. The van der Waals surface area contributed by atoms with Crippen LogP contribution in [-0.4, -0.2) is 17.4 Å². The van der Waals surface area contributed by atoms with Gasteiger partial charge in [-0.3, -0.25) is 4.79 Å². The summed E-state index contributed by atoms with van der Waals surface area (Å²) < 4.78 is 0. The quantitative estimate of drug-likeness (QED) is 0.513. The van der Waals surface area contributed by atoms with Gasteiger partial charge in [-0.1, -0.05) is 35.4 Å². The molecule has 0 aliphatic rings. The monoisotopic (exact) mass is 258 g/mol. The van der Waals surface area contributed by atoms with Crippen LogP contribution in [0.2, 0.25) is 10.2 Å². The van der Waals surface area contributed by atoms with Gasteiger partial charge in [0.05, 0.1) is 10.6 Å². The molecular formula is C11H12Cl2N2O. The summed E-state index contributed by atoms with van der Waals surface area (Å²) in [6.45, 7) is 2.50. The molecule has 86 valence electrons. The zero-order chi connectivity index (χ0) is 12.0. The number of carbonyl (C=O) groups excluding carboxylic acids is 1. The minimum Gasteiger partial charge on any atom is -0.352 e. The first kappa shape index (κ1) is 13.0. The predicted octanol–water partition coefficient (Wildman–Crippen LogP) is 3.08. The van der Waals surface area contributed by atoms with Crippen molar-refractivity contribution in [2.24, 2.45) is 0 Å². The molecule has 1 aromatic rings. The first-order valence-electron chi connectivity index (χ1n) is 4.85. The van der Waals surface area contributed by atoms with Crippen molar-refractivity contribution in [3.8, 4) is 0 Å². The summed E-state index contributed by atoms with van der Waals surface area (Å²) in [5.41, 5.74) is 0.349. The van der Waals surface area contributed by atoms with Crippen molar-refractivity contribution in [3.63, 3.8) is 0 Å². The van der Waals surface area contributed by atoms with Crippen LogP contribution >= 0.6 is 23.2 Å². The van der Waals surface area contributed by atoms with Gasteiger partial charge in [0.15, 0.2) is 0 Å². The molecule has 0 fully saturated rings. The molecule has 1 N–H and O–H groups in total. The van der Waals surface area contributed by atoms with Gasteiger partial charge in [-0.05, 0) is 19.4 Å². The topological polar surface area (TPSA) is 42.0 Å². The number of amides is 1. The Balaban J connectivity index is 2.62. The number of halogens is 2. The second-order valence-electron chi connectivity index (χ2n) is 3.10. The van der Waals surface area contributed by atoms with E-state index < -0.39 is 0 Å². The number of hydrogen-bond acceptors (Lipinski definition) is 2. The molecule has 1 amide bonds. The minimum absolute atomic E-state index is 0.237. The lowest BCUT2D eigenvalue weighted by molar-refractivity contribution is 0.0954. The maximum Gasteiger partial charge on any atom is 0.252 e. The summed E-state index contributed by atoms with van der Waals surface area (Å²) >= 11 is 11.5. The summed E-state index contributed by atoms with van der Waals surface area (Å²) in [7, 11) is 0. The van der Waals surface area contributed by atoms with Crippen molar-refractivity contribution in [1.29, 1.82) is 0 Å². The molecule has 0 spiro atoms. The van der Waals surface area contributed by atoms with Crippen LogP contribution in [-0.2, 0) is 0 Å². The van der Waals surface area contributed by atoms with Gasteiger partial charge in [0, 0.05) is 12.7 Å². The van der Waals surface area contributed by atoms with Crippen molar-refractivity contribution >= 4 is 29.1 Å². The molecule has 0 unspecified atom stereocenters. The smallest absolute Gasteiger partial charge is 0.252 e. The maximum atomic E-state index is 11.7. The summed E-state index contributed by atoms with van der Waals surface area (Å²) in [4.78, 5) is 15.4. The average Bonchev–Trinajstić information content (AvgIpc) is 2.27. The van der Waals surface area contributed by atoms with E-state index in [-0.39, 0.29) is 11.1 Å². The maximum absolute atomic E-state index is 11.7. The second-order valence-corrected chi connectivity index (χ2v) is 3.89. The number of allylic oxidation sites excluding steroid dienone is 1. The van der Waals surface area contributed by atoms with Gasteiger partial charge >= 0.3 is 0 Å². The van der Waals surface area contributed by atoms with Crippen molar-refractivity contribution in [2.45, 2.75) is 13.3 Å². The van der Waals surface area contributed by atoms with Crippen molar-refractivity contribution in [1.82, 2.24) is 10.3 Å². The molecule has 0 aromatic carbocycles. The van der Waals surface area contributed by atoms with E-state index in [1.54, 1.807) is 0 Å². The third-order valence-electron chi connectivity index (χ3n) is 1.90. The van der Waals surface area contributed by atoms with Gasteiger partial charge in [0.2, 0.25) is 0 Å². The fourth-order valence-electron chi connectivity index (χ4n) is 1.12. The van der Waals surface area contributed by atoms with Crippen LogP contribution in [0, 0.1) is 0 Å². The largest absolute Gasteiger partial charge is 0.352 e. The SMILES string of the molecule is C/C=C/CCNC(=O)c1cc(Cl)ncc1Cl. The van der Waals surface area contributed by atoms with E-state index in [0.29, 0.717) is 17.1 Å². The van der Waals surface area contributed by atoms with E-state index in [9.17, 15) is 4.79 Å². The first-order valence-corrected chi connectivity index (χ1v) is 5.61. The number of hydrogen-bond donors (Lipinski definition) is 1. The second kappa shape index (κ2) is 6.51. The molecule has 16 heavy (non-hydrogen) atoms. The molecular weight excluding hydrogens is 247 g/mol. The fourth-order valence-corrected chi connectivity index (χ4v) is 1.47. The van der Waals surface area contributed by atoms with E-state index in [1.807, 2.05) is 19.1 Å². The van der Waals surface area contributed by atoms with Crippen LogP contribution in [0.3, 0.4) is 0 Å². The Morgan fingerprint density at radius 2 is 2.31 bits per heavy atom. The van der Waals surface area contributed by atoms with Gasteiger partial charge in [-0.15, -0.1) is 0 Å². The fraction of sp³-hybridized carbons (Fsp3) is 0.273. The summed E-state index contributed by atoms with van der Waals surface area (Å²) in [6, 6.07) is 1.45. The van der Waals surface area contributed by atoms with E-state index in [2.05, 4.69) is 10.3 Å². The Kier molecular flexibility index (Phi) is 5.29. The Morgan fingerprint density at radius 3 is 3.00 bits per heavy atom. The molecule has 5 heteroatoms. The third-order valence-corrected chi connectivity index (χ3v) is 2.41. The molecule has 0 saturated carbocycles. The van der Waals surface area contributed by atoms with Gasteiger partial charge < -0.3 is 5.32 Å². The van der Waals surface area contributed by atoms with Crippen molar-refractivity contribution < 1.29 is 4.79 Å². The Morgan fingerprint density at radius 1 is 1.56 bits per heavy atom. The van der Waals surface area contributed by atoms with Gasteiger partial charge in [0.1, 0.15) is 5.15 Å². The highest BCUT2D eigenvalue weighted by Gasteiger charge is 2.10. The average molecular weight is 259 g/mol. The van der Waals surface area contributed by atoms with Gasteiger partial charge in [0.25, 0.3) is 5.91 Å².